The minimum absolute atomic E-state index is 0.0661. The lowest BCUT2D eigenvalue weighted by molar-refractivity contribution is -0.137. The van der Waals surface area contributed by atoms with Crippen LogP contribution in [0.5, 0.6) is 5.75 Å². The van der Waals surface area contributed by atoms with Gasteiger partial charge in [0.15, 0.2) is 6.29 Å². The van der Waals surface area contributed by atoms with Gasteiger partial charge in [0.2, 0.25) is 0 Å². The lowest BCUT2D eigenvalue weighted by Gasteiger charge is -2.12. The van der Waals surface area contributed by atoms with Gasteiger partial charge >= 0.3 is 5.97 Å². The zero-order valence-electron chi connectivity index (χ0n) is 12.1. The molecule has 1 aliphatic rings. The van der Waals surface area contributed by atoms with E-state index in [1.165, 1.54) is 6.21 Å². The molecule has 120 valence electrons. The number of oxime groups is 1. The molecule has 1 fully saturated rings. The van der Waals surface area contributed by atoms with Crippen molar-refractivity contribution in [3.63, 3.8) is 0 Å². The monoisotopic (exact) mass is 309 g/mol. The van der Waals surface area contributed by atoms with Gasteiger partial charge in [-0.05, 0) is 18.6 Å². The van der Waals surface area contributed by atoms with Crippen LogP contribution in [0.2, 0.25) is 0 Å². The molecule has 0 aromatic heterocycles. The lowest BCUT2D eigenvalue weighted by atomic mass is 10.2. The second-order valence-corrected chi connectivity index (χ2v) is 4.58. The average Bonchev–Trinajstić information content (AvgIpc) is 3.02. The molecule has 7 nitrogen and oxygen atoms in total. The fourth-order valence-corrected chi connectivity index (χ4v) is 1.81. The first-order valence-corrected chi connectivity index (χ1v) is 7.08. The van der Waals surface area contributed by atoms with Gasteiger partial charge in [-0.1, -0.05) is 17.3 Å². The fourth-order valence-electron chi connectivity index (χ4n) is 1.81. The predicted molar refractivity (Wildman–Crippen MR) is 78.0 cm³/mol. The Bertz CT molecular complexity index is 499. The first-order valence-electron chi connectivity index (χ1n) is 7.08. The van der Waals surface area contributed by atoms with Crippen molar-refractivity contribution in [1.82, 2.24) is 0 Å². The molecule has 1 aliphatic heterocycles. The highest BCUT2D eigenvalue weighted by atomic mass is 16.7. The van der Waals surface area contributed by atoms with Crippen molar-refractivity contribution in [3.8, 4) is 5.75 Å². The molecule has 2 rings (SSSR count). The van der Waals surface area contributed by atoms with Gasteiger partial charge in [0.25, 0.3) is 0 Å². The molecular formula is C15H19NO6. The van der Waals surface area contributed by atoms with E-state index in [9.17, 15) is 4.79 Å². The van der Waals surface area contributed by atoms with Gasteiger partial charge < -0.3 is 24.2 Å². The number of carbonyl (C=O) groups is 1. The van der Waals surface area contributed by atoms with Crippen molar-refractivity contribution >= 4 is 12.2 Å². The van der Waals surface area contributed by atoms with Gasteiger partial charge in [0, 0.05) is 12.0 Å². The van der Waals surface area contributed by atoms with E-state index in [0.29, 0.717) is 32.0 Å². The minimum Gasteiger partial charge on any atom is -0.488 e. The average molecular weight is 309 g/mol. The second-order valence-electron chi connectivity index (χ2n) is 4.58. The molecule has 1 N–H and O–H groups in total. The molecule has 0 saturated carbocycles. The van der Waals surface area contributed by atoms with Gasteiger partial charge in [-0.2, -0.15) is 0 Å². The Morgan fingerprint density at radius 2 is 2.14 bits per heavy atom. The molecule has 22 heavy (non-hydrogen) atoms. The fraction of sp³-hybridized carbons (Fsp3) is 0.467. The van der Waals surface area contributed by atoms with Gasteiger partial charge in [0.1, 0.15) is 19.0 Å². The number of hydrogen-bond acceptors (Lipinski definition) is 6. The van der Waals surface area contributed by atoms with Gasteiger partial charge in [-0.3, -0.25) is 4.79 Å². The Balaban J connectivity index is 1.78. The van der Waals surface area contributed by atoms with Crippen molar-refractivity contribution in [2.75, 3.05) is 26.4 Å². The van der Waals surface area contributed by atoms with Crippen LogP contribution < -0.4 is 4.74 Å². The summed E-state index contributed by atoms with van der Waals surface area (Å²) in [4.78, 5) is 15.4. The number of nitrogens with zero attached hydrogens (tertiary/aromatic N) is 1. The normalized spacial score (nSPS) is 15.3. The maximum absolute atomic E-state index is 10.3. The second kappa shape index (κ2) is 9.01. The van der Waals surface area contributed by atoms with Crippen LogP contribution in [-0.2, 0) is 19.1 Å². The molecule has 0 unspecified atom stereocenters. The van der Waals surface area contributed by atoms with Crippen molar-refractivity contribution < 1.29 is 28.9 Å². The molecule has 1 aromatic carbocycles. The standard InChI is InChI=1S/C15H19NO6/c17-14(18)6-3-7-22-16-10-12-4-1-2-5-13(12)21-11-15-19-8-9-20-15/h1-2,4-5,10,15H,3,6-9,11H2,(H,17,18). The van der Waals surface area contributed by atoms with Crippen LogP contribution in [0, 0.1) is 0 Å². The van der Waals surface area contributed by atoms with E-state index in [2.05, 4.69) is 5.16 Å². The molecule has 0 aliphatic carbocycles. The molecule has 1 aromatic rings. The van der Waals surface area contributed by atoms with Crippen LogP contribution in [0.1, 0.15) is 18.4 Å². The summed E-state index contributed by atoms with van der Waals surface area (Å²) in [5, 5.41) is 12.3. The first-order chi connectivity index (χ1) is 10.8. The number of carboxylic acids is 1. The SMILES string of the molecule is O=C(O)CCCON=Cc1ccccc1OCC1OCCO1. The highest BCUT2D eigenvalue weighted by molar-refractivity contribution is 5.83. The molecule has 0 atom stereocenters. The Morgan fingerprint density at radius 3 is 2.91 bits per heavy atom. The van der Waals surface area contributed by atoms with Crippen molar-refractivity contribution in [3.05, 3.63) is 29.8 Å². The molecule has 0 spiro atoms. The summed E-state index contributed by atoms with van der Waals surface area (Å²) in [5.74, 6) is -0.192. The highest BCUT2D eigenvalue weighted by Crippen LogP contribution is 2.17. The maximum atomic E-state index is 10.3. The third-order valence-electron chi connectivity index (χ3n) is 2.88. The Labute approximate surface area is 128 Å². The zero-order valence-corrected chi connectivity index (χ0v) is 12.1. The van der Waals surface area contributed by atoms with E-state index in [1.807, 2.05) is 24.3 Å². The van der Waals surface area contributed by atoms with Crippen LogP contribution in [-0.4, -0.2) is 50.0 Å². The number of rotatable bonds is 9. The van der Waals surface area contributed by atoms with Gasteiger partial charge in [-0.25, -0.2) is 0 Å². The molecular weight excluding hydrogens is 290 g/mol. The van der Waals surface area contributed by atoms with E-state index in [0.717, 1.165) is 5.56 Å². The molecule has 0 amide bonds. The number of para-hydroxylation sites is 1. The van der Waals surface area contributed by atoms with Crippen LogP contribution in [0.15, 0.2) is 29.4 Å². The molecule has 1 saturated heterocycles. The molecule has 0 bridgehead atoms. The minimum atomic E-state index is -0.845. The largest absolute Gasteiger partial charge is 0.488 e. The van der Waals surface area contributed by atoms with E-state index in [-0.39, 0.29) is 19.3 Å². The van der Waals surface area contributed by atoms with Gasteiger partial charge in [-0.15, -0.1) is 0 Å². The summed E-state index contributed by atoms with van der Waals surface area (Å²) in [7, 11) is 0. The highest BCUT2D eigenvalue weighted by Gasteiger charge is 2.16. The van der Waals surface area contributed by atoms with E-state index >= 15 is 0 Å². The Morgan fingerprint density at radius 1 is 1.36 bits per heavy atom. The van der Waals surface area contributed by atoms with Crippen molar-refractivity contribution in [2.45, 2.75) is 19.1 Å². The number of ether oxygens (including phenoxy) is 3. The maximum Gasteiger partial charge on any atom is 0.303 e. The van der Waals surface area contributed by atoms with E-state index in [1.54, 1.807) is 0 Å². The summed E-state index contributed by atoms with van der Waals surface area (Å²) < 4.78 is 16.3. The summed E-state index contributed by atoms with van der Waals surface area (Å²) in [6.07, 6.45) is 1.68. The number of benzene rings is 1. The summed E-state index contributed by atoms with van der Waals surface area (Å²) in [6.45, 7) is 1.74. The van der Waals surface area contributed by atoms with Crippen LogP contribution in [0.25, 0.3) is 0 Å². The molecule has 1 heterocycles. The predicted octanol–water partition coefficient (Wildman–Crippen LogP) is 1.65. The smallest absolute Gasteiger partial charge is 0.303 e. The van der Waals surface area contributed by atoms with Gasteiger partial charge in [0.05, 0.1) is 19.4 Å². The lowest BCUT2D eigenvalue weighted by Crippen LogP contribution is -2.18. The van der Waals surface area contributed by atoms with Crippen LogP contribution in [0.4, 0.5) is 0 Å². The molecule has 0 radical (unpaired) electrons. The number of hydrogen-bond donors (Lipinski definition) is 1. The van der Waals surface area contributed by atoms with Crippen LogP contribution in [0.3, 0.4) is 0 Å². The Kier molecular flexibility index (Phi) is 6.66. The van der Waals surface area contributed by atoms with Crippen molar-refractivity contribution in [2.24, 2.45) is 5.16 Å². The van der Waals surface area contributed by atoms with E-state index in [4.69, 9.17) is 24.2 Å². The third kappa shape index (κ3) is 5.71. The summed E-state index contributed by atoms with van der Waals surface area (Å²) in [6, 6.07) is 7.38. The Hall–Kier alpha value is -2.12. The topological polar surface area (TPSA) is 86.6 Å². The number of aliphatic carboxylic acids is 1. The van der Waals surface area contributed by atoms with Crippen LogP contribution >= 0.6 is 0 Å². The van der Waals surface area contributed by atoms with E-state index < -0.39 is 5.97 Å². The summed E-state index contributed by atoms with van der Waals surface area (Å²) >= 11 is 0. The summed E-state index contributed by atoms with van der Waals surface area (Å²) in [5.41, 5.74) is 0.763. The first kappa shape index (κ1) is 16.3. The molecule has 7 heteroatoms. The quantitative estimate of drug-likeness (QED) is 0.424. The van der Waals surface area contributed by atoms with Crippen molar-refractivity contribution in [1.29, 1.82) is 0 Å². The number of carboxylic acid groups (broad SMARTS) is 1. The zero-order chi connectivity index (χ0) is 15.6. The third-order valence-corrected chi connectivity index (χ3v) is 2.88.